The number of ether oxygens (including phenoxy) is 2. The van der Waals surface area contributed by atoms with Gasteiger partial charge in [0.05, 0.1) is 17.7 Å². The highest BCUT2D eigenvalue weighted by atomic mass is 16.6. The van der Waals surface area contributed by atoms with Crippen molar-refractivity contribution >= 4 is 23.2 Å². The van der Waals surface area contributed by atoms with E-state index < -0.39 is 22.8 Å². The summed E-state index contributed by atoms with van der Waals surface area (Å²) in [5, 5.41) is 13.5. The van der Waals surface area contributed by atoms with Gasteiger partial charge in [-0.3, -0.25) is 25.1 Å². The zero-order valence-corrected chi connectivity index (χ0v) is 16.9. The van der Waals surface area contributed by atoms with Gasteiger partial charge in [0.25, 0.3) is 11.6 Å². The van der Waals surface area contributed by atoms with Crippen molar-refractivity contribution in [3.8, 4) is 11.5 Å². The van der Waals surface area contributed by atoms with E-state index in [4.69, 9.17) is 9.47 Å². The van der Waals surface area contributed by atoms with E-state index in [2.05, 4.69) is 16.2 Å². The Kier molecular flexibility index (Phi) is 8.12. The number of aryl methyl sites for hydroxylation is 1. The lowest BCUT2D eigenvalue weighted by molar-refractivity contribution is -0.384. The molecule has 0 unspecified atom stereocenters. The second-order valence-electron chi connectivity index (χ2n) is 6.33. The Morgan fingerprint density at radius 1 is 1.17 bits per heavy atom. The maximum absolute atomic E-state index is 12.3. The first kappa shape index (κ1) is 22.6. The van der Waals surface area contributed by atoms with Gasteiger partial charge in [-0.2, -0.15) is 0 Å². The maximum atomic E-state index is 12.3. The van der Waals surface area contributed by atoms with E-state index in [0.717, 1.165) is 12.0 Å². The van der Waals surface area contributed by atoms with Crippen molar-refractivity contribution in [1.29, 1.82) is 0 Å². The molecule has 0 saturated heterocycles. The van der Waals surface area contributed by atoms with E-state index >= 15 is 0 Å². The van der Waals surface area contributed by atoms with Gasteiger partial charge in [-0.1, -0.05) is 19.1 Å². The number of rotatable bonds is 10. The predicted octanol–water partition coefficient (Wildman–Crippen LogP) is 2.19. The number of hydrogen-bond donors (Lipinski definition) is 3. The fourth-order valence-corrected chi connectivity index (χ4v) is 2.41. The number of anilines is 1. The average molecular weight is 416 g/mol. The first-order chi connectivity index (χ1) is 14.3. The van der Waals surface area contributed by atoms with Gasteiger partial charge in [0.1, 0.15) is 17.5 Å². The Morgan fingerprint density at radius 3 is 2.47 bits per heavy atom. The highest BCUT2D eigenvalue weighted by Gasteiger charge is 2.18. The van der Waals surface area contributed by atoms with E-state index in [-0.39, 0.29) is 23.7 Å². The summed E-state index contributed by atoms with van der Waals surface area (Å²) in [5.41, 5.74) is 6.07. The maximum Gasteiger partial charge on any atom is 0.272 e. The summed E-state index contributed by atoms with van der Waals surface area (Å²) in [7, 11) is 1.38. The molecule has 0 saturated carbocycles. The van der Waals surface area contributed by atoms with Gasteiger partial charge in [-0.25, -0.2) is 5.43 Å². The molecular weight excluding hydrogens is 392 g/mol. The second kappa shape index (κ2) is 10.8. The van der Waals surface area contributed by atoms with Crippen molar-refractivity contribution in [1.82, 2.24) is 10.9 Å². The Balaban J connectivity index is 1.84. The summed E-state index contributed by atoms with van der Waals surface area (Å²) in [6.45, 7) is 3.33. The van der Waals surface area contributed by atoms with Crippen LogP contribution >= 0.6 is 0 Å². The minimum atomic E-state index is -0.832. The topological polar surface area (TPSA) is 132 Å². The third kappa shape index (κ3) is 6.45. The number of nitrogens with one attached hydrogen (secondary N) is 3. The van der Waals surface area contributed by atoms with Crippen LogP contribution in [0.15, 0.2) is 42.5 Å². The van der Waals surface area contributed by atoms with Crippen LogP contribution < -0.4 is 25.6 Å². The molecule has 0 spiro atoms. The molecule has 0 aliphatic rings. The van der Waals surface area contributed by atoms with Crippen LogP contribution in [0.1, 0.15) is 19.4 Å². The number of nitro benzene ring substituents is 1. The lowest BCUT2D eigenvalue weighted by Crippen LogP contribution is -2.49. The van der Waals surface area contributed by atoms with Crippen molar-refractivity contribution in [3.63, 3.8) is 0 Å². The highest BCUT2D eigenvalue weighted by Crippen LogP contribution is 2.28. The number of nitro groups is 1. The first-order valence-corrected chi connectivity index (χ1v) is 9.23. The fourth-order valence-electron chi connectivity index (χ4n) is 2.41. The third-order valence-corrected chi connectivity index (χ3v) is 4.17. The molecule has 0 heterocycles. The molecule has 10 nitrogen and oxygen atoms in total. The molecule has 160 valence electrons. The molecule has 2 amide bonds. The summed E-state index contributed by atoms with van der Waals surface area (Å²) >= 11 is 0. The molecule has 30 heavy (non-hydrogen) atoms. The average Bonchev–Trinajstić information content (AvgIpc) is 2.76. The molecule has 1 atom stereocenters. The number of hydrazine groups is 1. The van der Waals surface area contributed by atoms with Crippen molar-refractivity contribution < 1.29 is 24.0 Å². The first-order valence-electron chi connectivity index (χ1n) is 9.23. The SMILES string of the molecule is CCc1ccc(OCC(=O)NN[C@@H](C)C(=O)Nc2cc([N+](=O)[O-])ccc2OC)cc1. The number of amides is 2. The molecule has 2 rings (SSSR count). The van der Waals surface area contributed by atoms with E-state index in [1.807, 2.05) is 19.1 Å². The summed E-state index contributed by atoms with van der Waals surface area (Å²) in [4.78, 5) is 34.6. The van der Waals surface area contributed by atoms with E-state index in [1.54, 1.807) is 12.1 Å². The van der Waals surface area contributed by atoms with E-state index in [0.29, 0.717) is 5.75 Å². The van der Waals surface area contributed by atoms with Gasteiger partial charge in [0.2, 0.25) is 5.91 Å². The number of benzene rings is 2. The predicted molar refractivity (Wildman–Crippen MR) is 110 cm³/mol. The Bertz CT molecular complexity index is 901. The molecule has 3 N–H and O–H groups in total. The molecular formula is C20H24N4O6. The van der Waals surface area contributed by atoms with Crippen LogP contribution in [-0.2, 0) is 16.0 Å². The summed E-state index contributed by atoms with van der Waals surface area (Å²) < 4.78 is 10.5. The number of carbonyl (C=O) groups excluding carboxylic acids is 2. The second-order valence-corrected chi connectivity index (χ2v) is 6.33. The minimum absolute atomic E-state index is 0.149. The third-order valence-electron chi connectivity index (χ3n) is 4.17. The van der Waals surface area contributed by atoms with Crippen molar-refractivity contribution in [2.75, 3.05) is 19.0 Å². The van der Waals surface area contributed by atoms with Crippen LogP contribution in [0, 0.1) is 10.1 Å². The van der Waals surface area contributed by atoms with Crippen LogP contribution in [0.4, 0.5) is 11.4 Å². The molecule has 10 heteroatoms. The van der Waals surface area contributed by atoms with Crippen LogP contribution in [0.5, 0.6) is 11.5 Å². The van der Waals surface area contributed by atoms with Crippen LogP contribution in [-0.4, -0.2) is 36.5 Å². The monoisotopic (exact) mass is 416 g/mol. The number of hydrogen-bond acceptors (Lipinski definition) is 7. The highest BCUT2D eigenvalue weighted by molar-refractivity contribution is 5.96. The van der Waals surface area contributed by atoms with Gasteiger partial charge in [-0.05, 0) is 37.1 Å². The lowest BCUT2D eigenvalue weighted by Gasteiger charge is -2.16. The number of nitrogens with zero attached hydrogens (tertiary/aromatic N) is 1. The molecule has 0 aliphatic heterocycles. The zero-order chi connectivity index (χ0) is 22.1. The number of non-ortho nitro benzene ring substituents is 1. The molecule has 0 aromatic heterocycles. The summed E-state index contributed by atoms with van der Waals surface area (Å²) in [5.74, 6) is -0.161. The zero-order valence-electron chi connectivity index (χ0n) is 16.9. The minimum Gasteiger partial charge on any atom is -0.495 e. The van der Waals surface area contributed by atoms with Gasteiger partial charge >= 0.3 is 0 Å². The van der Waals surface area contributed by atoms with Crippen LogP contribution in [0.3, 0.4) is 0 Å². The van der Waals surface area contributed by atoms with Gasteiger partial charge in [-0.15, -0.1) is 0 Å². The van der Waals surface area contributed by atoms with Gasteiger partial charge < -0.3 is 14.8 Å². The molecule has 2 aromatic rings. The molecule has 2 aromatic carbocycles. The molecule has 0 bridgehead atoms. The quantitative estimate of drug-likeness (QED) is 0.399. The molecule has 0 aliphatic carbocycles. The standard InChI is InChI=1S/C20H24N4O6/c1-4-14-5-8-16(9-6-14)30-12-19(25)23-22-13(2)20(26)21-17-11-15(24(27)28)7-10-18(17)29-3/h5-11,13,22H,4,12H2,1-3H3,(H,21,26)(H,23,25)/t13-/m0/s1. The van der Waals surface area contributed by atoms with Crippen LogP contribution in [0.25, 0.3) is 0 Å². The van der Waals surface area contributed by atoms with Gasteiger partial charge in [0, 0.05) is 12.1 Å². The summed E-state index contributed by atoms with van der Waals surface area (Å²) in [6.07, 6.45) is 0.910. The number of carbonyl (C=O) groups is 2. The van der Waals surface area contributed by atoms with E-state index in [1.165, 1.54) is 32.2 Å². The molecule has 0 radical (unpaired) electrons. The number of methoxy groups -OCH3 is 1. The van der Waals surface area contributed by atoms with Crippen molar-refractivity contribution in [2.45, 2.75) is 26.3 Å². The van der Waals surface area contributed by atoms with Crippen molar-refractivity contribution in [2.24, 2.45) is 0 Å². The molecule has 0 fully saturated rings. The normalized spacial score (nSPS) is 11.3. The Hall–Kier alpha value is -3.66. The lowest BCUT2D eigenvalue weighted by atomic mass is 10.2. The fraction of sp³-hybridized carbons (Fsp3) is 0.300. The Labute approximate surface area is 173 Å². The largest absolute Gasteiger partial charge is 0.495 e. The smallest absolute Gasteiger partial charge is 0.272 e. The van der Waals surface area contributed by atoms with Crippen LogP contribution in [0.2, 0.25) is 0 Å². The van der Waals surface area contributed by atoms with Crippen molar-refractivity contribution in [3.05, 3.63) is 58.1 Å². The summed E-state index contributed by atoms with van der Waals surface area (Å²) in [6, 6.07) is 10.4. The van der Waals surface area contributed by atoms with Gasteiger partial charge in [0.15, 0.2) is 6.61 Å². The Morgan fingerprint density at radius 2 is 1.87 bits per heavy atom. The van der Waals surface area contributed by atoms with E-state index in [9.17, 15) is 19.7 Å².